The number of fused-ring (bicyclic) bond motifs is 1. The molecule has 2 atom stereocenters. The molecule has 2 N–H and O–H groups in total. The van der Waals surface area contributed by atoms with Gasteiger partial charge >= 0.3 is 0 Å². The first-order valence-corrected chi connectivity index (χ1v) is 13.2. The Morgan fingerprint density at radius 1 is 1.31 bits per heavy atom. The predicted molar refractivity (Wildman–Crippen MR) is 132 cm³/mol. The summed E-state index contributed by atoms with van der Waals surface area (Å²) < 4.78 is 42.1. The van der Waals surface area contributed by atoms with Crippen molar-refractivity contribution in [3.8, 4) is 17.3 Å². The second-order valence-corrected chi connectivity index (χ2v) is 11.3. The molecule has 3 heterocycles. The summed E-state index contributed by atoms with van der Waals surface area (Å²) in [6, 6.07) is 4.95. The van der Waals surface area contributed by atoms with Crippen molar-refractivity contribution in [1.29, 1.82) is 5.26 Å². The monoisotopic (exact) mass is 500 g/mol. The van der Waals surface area contributed by atoms with Gasteiger partial charge in [-0.05, 0) is 51.8 Å². The molecule has 1 aliphatic heterocycles. The van der Waals surface area contributed by atoms with Crippen molar-refractivity contribution in [2.75, 3.05) is 24.7 Å². The van der Waals surface area contributed by atoms with Gasteiger partial charge in [0, 0.05) is 36.6 Å². The maximum Gasteiger partial charge on any atom is 0.223 e. The third-order valence-electron chi connectivity index (χ3n) is 6.50. The van der Waals surface area contributed by atoms with Crippen LogP contribution in [0.1, 0.15) is 43.1 Å². The minimum atomic E-state index is -3.38. The van der Waals surface area contributed by atoms with E-state index >= 15 is 4.39 Å². The number of halogens is 1. The van der Waals surface area contributed by atoms with Gasteiger partial charge in [0.05, 0.1) is 40.6 Å². The SMILES string of the molecule is Cc1cnc(NC2CCN(S(C)(=O)=O)C[C@@H]2O)nc1-c1cc(F)c2c(C#N)c(C)n(C(C)C)c2c1. The second-order valence-electron chi connectivity index (χ2n) is 9.34. The lowest BCUT2D eigenvalue weighted by atomic mass is 10.0. The van der Waals surface area contributed by atoms with Gasteiger partial charge in [-0.2, -0.15) is 9.57 Å². The fraction of sp³-hybridized carbons (Fsp3) is 0.458. The molecule has 1 unspecified atom stereocenters. The Hall–Kier alpha value is -3.07. The normalized spacial score (nSPS) is 19.3. The standard InChI is InChI=1S/C24H29FN6O3S/c1-13(2)31-15(4)17(10-26)22-18(25)8-16(9-20(22)31)23-14(3)11-27-24(29-23)28-19-6-7-30(12-21(19)32)35(5,33)34/h8-9,11,13,19,21,32H,6-7,12H2,1-5H3,(H,27,28,29)/t19?,21-/m0/s1. The molecule has 186 valence electrons. The van der Waals surface area contributed by atoms with E-state index in [1.807, 2.05) is 38.3 Å². The van der Waals surface area contributed by atoms with Crippen molar-refractivity contribution >= 4 is 26.9 Å². The first-order valence-electron chi connectivity index (χ1n) is 11.4. The number of aliphatic hydroxyl groups is 1. The van der Waals surface area contributed by atoms with E-state index in [0.717, 1.165) is 11.8 Å². The maximum atomic E-state index is 15.3. The van der Waals surface area contributed by atoms with E-state index in [-0.39, 0.29) is 25.1 Å². The summed E-state index contributed by atoms with van der Waals surface area (Å²) in [4.78, 5) is 8.92. The minimum Gasteiger partial charge on any atom is -0.390 e. The number of anilines is 1. The van der Waals surface area contributed by atoms with E-state index < -0.39 is 28.0 Å². The van der Waals surface area contributed by atoms with Crippen LogP contribution in [-0.4, -0.2) is 63.9 Å². The smallest absolute Gasteiger partial charge is 0.223 e. The highest BCUT2D eigenvalue weighted by atomic mass is 32.2. The summed E-state index contributed by atoms with van der Waals surface area (Å²) in [5.74, 6) is -0.233. The van der Waals surface area contributed by atoms with Gasteiger partial charge in [-0.15, -0.1) is 0 Å². The number of piperidine rings is 1. The van der Waals surface area contributed by atoms with Gasteiger partial charge in [0.15, 0.2) is 0 Å². The number of nitrogens with zero attached hydrogens (tertiary/aromatic N) is 5. The molecule has 1 fully saturated rings. The number of aromatic nitrogens is 3. The molecule has 4 rings (SSSR count). The van der Waals surface area contributed by atoms with Crippen LogP contribution in [0.2, 0.25) is 0 Å². The molecule has 0 spiro atoms. The topological polar surface area (TPSA) is 124 Å². The van der Waals surface area contributed by atoms with Crippen LogP contribution in [0.4, 0.5) is 10.3 Å². The number of rotatable bonds is 5. The van der Waals surface area contributed by atoms with Gasteiger partial charge in [-0.1, -0.05) is 0 Å². The highest BCUT2D eigenvalue weighted by molar-refractivity contribution is 7.88. The van der Waals surface area contributed by atoms with Crippen LogP contribution in [0.15, 0.2) is 18.3 Å². The number of nitriles is 1. The molecular weight excluding hydrogens is 471 g/mol. The molecule has 1 saturated heterocycles. The zero-order valence-corrected chi connectivity index (χ0v) is 21.2. The van der Waals surface area contributed by atoms with Crippen LogP contribution in [0.5, 0.6) is 0 Å². The van der Waals surface area contributed by atoms with Crippen molar-refractivity contribution in [2.24, 2.45) is 0 Å². The predicted octanol–water partition coefficient (Wildman–Crippen LogP) is 3.11. The van der Waals surface area contributed by atoms with Crippen LogP contribution in [0.3, 0.4) is 0 Å². The van der Waals surface area contributed by atoms with Gasteiger partial charge in [-0.3, -0.25) is 0 Å². The van der Waals surface area contributed by atoms with E-state index in [1.165, 1.54) is 10.4 Å². The summed E-state index contributed by atoms with van der Waals surface area (Å²) in [6.07, 6.45) is 2.20. The Morgan fingerprint density at radius 3 is 2.63 bits per heavy atom. The van der Waals surface area contributed by atoms with Crippen molar-refractivity contribution in [3.63, 3.8) is 0 Å². The summed E-state index contributed by atoms with van der Waals surface area (Å²) >= 11 is 0. The molecule has 0 amide bonds. The van der Waals surface area contributed by atoms with Crippen LogP contribution >= 0.6 is 0 Å². The number of benzene rings is 1. The molecule has 9 nitrogen and oxygen atoms in total. The second kappa shape index (κ2) is 9.18. The van der Waals surface area contributed by atoms with Gasteiger partial charge < -0.3 is 15.0 Å². The van der Waals surface area contributed by atoms with Crippen LogP contribution in [-0.2, 0) is 10.0 Å². The number of aryl methyl sites for hydroxylation is 1. The number of hydrogen-bond donors (Lipinski definition) is 2. The molecule has 35 heavy (non-hydrogen) atoms. The first-order chi connectivity index (χ1) is 16.4. The third kappa shape index (κ3) is 4.61. The number of aliphatic hydroxyl groups excluding tert-OH is 1. The molecular formula is C24H29FN6O3S. The lowest BCUT2D eigenvalue weighted by molar-refractivity contribution is 0.0950. The summed E-state index contributed by atoms with van der Waals surface area (Å²) in [5.41, 5.74) is 3.48. The highest BCUT2D eigenvalue weighted by Gasteiger charge is 2.32. The molecule has 2 aromatic heterocycles. The zero-order valence-electron chi connectivity index (χ0n) is 20.4. The molecule has 0 radical (unpaired) electrons. The average molecular weight is 501 g/mol. The lowest BCUT2D eigenvalue weighted by Gasteiger charge is -2.34. The Bertz CT molecular complexity index is 1440. The van der Waals surface area contributed by atoms with Crippen LogP contribution in [0.25, 0.3) is 22.2 Å². The number of nitrogens with one attached hydrogen (secondary N) is 1. The summed E-state index contributed by atoms with van der Waals surface area (Å²) in [5, 5.41) is 23.5. The lowest BCUT2D eigenvalue weighted by Crippen LogP contribution is -2.51. The highest BCUT2D eigenvalue weighted by Crippen LogP contribution is 2.35. The fourth-order valence-corrected chi connectivity index (χ4v) is 5.65. The Balaban J connectivity index is 1.71. The van der Waals surface area contributed by atoms with E-state index in [2.05, 4.69) is 21.4 Å². The van der Waals surface area contributed by atoms with Gasteiger partial charge in [0.2, 0.25) is 16.0 Å². The molecule has 3 aromatic rings. The van der Waals surface area contributed by atoms with Crippen LogP contribution in [0, 0.1) is 31.0 Å². The summed E-state index contributed by atoms with van der Waals surface area (Å²) in [7, 11) is -3.38. The first kappa shape index (κ1) is 25.0. The van der Waals surface area contributed by atoms with E-state index in [1.54, 1.807) is 6.20 Å². The number of hydrogen-bond acceptors (Lipinski definition) is 7. The maximum absolute atomic E-state index is 15.3. The Kier molecular flexibility index (Phi) is 6.57. The zero-order chi connectivity index (χ0) is 25.7. The van der Waals surface area contributed by atoms with Crippen molar-refractivity contribution in [3.05, 3.63) is 41.0 Å². The van der Waals surface area contributed by atoms with Crippen molar-refractivity contribution < 1.29 is 17.9 Å². The van der Waals surface area contributed by atoms with Gasteiger partial charge in [0.1, 0.15) is 11.9 Å². The molecule has 0 bridgehead atoms. The average Bonchev–Trinajstić information content (AvgIpc) is 3.07. The van der Waals surface area contributed by atoms with Crippen molar-refractivity contribution in [2.45, 2.75) is 52.3 Å². The largest absolute Gasteiger partial charge is 0.390 e. The van der Waals surface area contributed by atoms with Gasteiger partial charge in [0.25, 0.3) is 0 Å². The van der Waals surface area contributed by atoms with Crippen LogP contribution < -0.4 is 5.32 Å². The summed E-state index contributed by atoms with van der Waals surface area (Å²) in [6.45, 7) is 7.88. The minimum absolute atomic E-state index is 0.0101. The number of β-amino-alcohol motifs (C(OH)–C–C–N with tert-alkyl or cyclic N) is 1. The third-order valence-corrected chi connectivity index (χ3v) is 7.77. The Labute approximate surface area is 204 Å². The molecule has 1 aromatic carbocycles. The number of sulfonamides is 1. The van der Waals surface area contributed by atoms with E-state index in [9.17, 15) is 18.8 Å². The fourth-order valence-electron chi connectivity index (χ4n) is 4.79. The van der Waals surface area contributed by atoms with E-state index in [4.69, 9.17) is 0 Å². The van der Waals surface area contributed by atoms with E-state index in [0.29, 0.717) is 39.8 Å². The quantitative estimate of drug-likeness (QED) is 0.552. The molecule has 0 aliphatic carbocycles. The molecule has 11 heteroatoms. The Morgan fingerprint density at radius 2 is 2.03 bits per heavy atom. The van der Waals surface area contributed by atoms with Crippen molar-refractivity contribution in [1.82, 2.24) is 18.8 Å². The molecule has 1 aliphatic rings. The van der Waals surface area contributed by atoms with Gasteiger partial charge in [-0.25, -0.2) is 22.8 Å². The molecule has 0 saturated carbocycles.